The summed E-state index contributed by atoms with van der Waals surface area (Å²) in [5.74, 6) is 0.440. The number of hydrogen-bond donors (Lipinski definition) is 0. The highest BCUT2D eigenvalue weighted by Crippen LogP contribution is 2.43. The van der Waals surface area contributed by atoms with Crippen LogP contribution in [0, 0.1) is 12.8 Å². The van der Waals surface area contributed by atoms with E-state index >= 15 is 0 Å². The highest BCUT2D eigenvalue weighted by molar-refractivity contribution is 7.89. The van der Waals surface area contributed by atoms with Crippen molar-refractivity contribution >= 4 is 10.0 Å². The molecule has 2 aliphatic rings. The maximum atomic E-state index is 13.3. The summed E-state index contributed by atoms with van der Waals surface area (Å²) in [4.78, 5) is 0.423. The van der Waals surface area contributed by atoms with Gasteiger partial charge in [-0.1, -0.05) is 56.7 Å². The lowest BCUT2D eigenvalue weighted by molar-refractivity contribution is 0.293. The van der Waals surface area contributed by atoms with Crippen LogP contribution < -0.4 is 0 Å². The standard InChI is InChI=1S/C21H31NO2S/c1-3-4-5-6-11-21-20-10-8-7-9-18(20)16-22(21)25(23,24)19-14-12-17(2)13-15-19/h12-16,20-21H,3-11H2,1-2H3/t20-,21-/m0/s1. The number of rotatable bonds is 7. The Balaban J connectivity index is 1.84. The zero-order valence-electron chi connectivity index (χ0n) is 15.6. The smallest absolute Gasteiger partial charge is 0.264 e. The summed E-state index contributed by atoms with van der Waals surface area (Å²) in [6, 6.07) is 7.40. The highest BCUT2D eigenvalue weighted by atomic mass is 32.2. The van der Waals surface area contributed by atoms with E-state index in [4.69, 9.17) is 0 Å². The molecule has 2 atom stereocenters. The number of sulfonamides is 1. The molecule has 3 nitrogen and oxygen atoms in total. The van der Waals surface area contributed by atoms with Gasteiger partial charge in [0.1, 0.15) is 0 Å². The van der Waals surface area contributed by atoms with Gasteiger partial charge in [-0.2, -0.15) is 0 Å². The number of aryl methyl sites for hydroxylation is 1. The first kappa shape index (κ1) is 18.5. The van der Waals surface area contributed by atoms with Crippen molar-refractivity contribution in [2.24, 2.45) is 5.92 Å². The van der Waals surface area contributed by atoms with Crippen LogP contribution in [-0.2, 0) is 10.0 Å². The Kier molecular flexibility index (Phi) is 5.88. The molecule has 1 heterocycles. The molecule has 0 radical (unpaired) electrons. The number of hydrogen-bond acceptors (Lipinski definition) is 2. The van der Waals surface area contributed by atoms with Gasteiger partial charge in [0.15, 0.2) is 0 Å². The number of benzene rings is 1. The molecule has 0 N–H and O–H groups in total. The van der Waals surface area contributed by atoms with Crippen LogP contribution in [0.5, 0.6) is 0 Å². The van der Waals surface area contributed by atoms with E-state index in [0.29, 0.717) is 10.8 Å². The van der Waals surface area contributed by atoms with E-state index in [9.17, 15) is 8.42 Å². The SMILES string of the molecule is CCCCCC[C@H]1[C@H]2CCCCC2=CN1S(=O)(=O)c1ccc(C)cc1. The van der Waals surface area contributed by atoms with Gasteiger partial charge in [-0.25, -0.2) is 8.42 Å². The van der Waals surface area contributed by atoms with Gasteiger partial charge < -0.3 is 0 Å². The van der Waals surface area contributed by atoms with Crippen LogP contribution in [0.4, 0.5) is 0 Å². The number of fused-ring (bicyclic) bond motifs is 1. The van der Waals surface area contributed by atoms with E-state index in [1.54, 1.807) is 16.4 Å². The van der Waals surface area contributed by atoms with Crippen LogP contribution in [-0.4, -0.2) is 18.8 Å². The van der Waals surface area contributed by atoms with Gasteiger partial charge in [-0.05, 0) is 50.3 Å². The lowest BCUT2D eigenvalue weighted by Gasteiger charge is -2.31. The summed E-state index contributed by atoms with van der Waals surface area (Å²) in [6.07, 6.45) is 12.4. The monoisotopic (exact) mass is 361 g/mol. The predicted molar refractivity (Wildman–Crippen MR) is 103 cm³/mol. The maximum absolute atomic E-state index is 13.3. The summed E-state index contributed by atoms with van der Waals surface area (Å²) < 4.78 is 28.3. The molecule has 0 spiro atoms. The Labute approximate surface area is 153 Å². The largest absolute Gasteiger partial charge is 0.270 e. The zero-order chi connectivity index (χ0) is 17.9. The molecule has 1 saturated carbocycles. The quantitative estimate of drug-likeness (QED) is 0.609. The van der Waals surface area contributed by atoms with Crippen LogP contribution in [0.3, 0.4) is 0 Å². The van der Waals surface area contributed by atoms with Crippen LogP contribution in [0.1, 0.15) is 70.3 Å². The summed E-state index contributed by atoms with van der Waals surface area (Å²) in [6.45, 7) is 4.20. The van der Waals surface area contributed by atoms with Gasteiger partial charge in [-0.15, -0.1) is 0 Å². The number of unbranched alkanes of at least 4 members (excludes halogenated alkanes) is 3. The molecule has 25 heavy (non-hydrogen) atoms. The van der Waals surface area contributed by atoms with Gasteiger partial charge in [0.2, 0.25) is 0 Å². The second-order valence-corrected chi connectivity index (χ2v) is 9.46. The van der Waals surface area contributed by atoms with Crippen LogP contribution in [0.25, 0.3) is 0 Å². The molecule has 1 aromatic rings. The van der Waals surface area contributed by atoms with Gasteiger partial charge >= 0.3 is 0 Å². The van der Waals surface area contributed by atoms with Crippen LogP contribution in [0.15, 0.2) is 40.9 Å². The Morgan fingerprint density at radius 2 is 1.84 bits per heavy atom. The van der Waals surface area contributed by atoms with Crippen molar-refractivity contribution < 1.29 is 8.42 Å². The summed E-state index contributed by atoms with van der Waals surface area (Å²) in [7, 11) is -3.45. The first-order valence-corrected chi connectivity index (χ1v) is 11.3. The molecule has 1 fully saturated rings. The molecule has 4 heteroatoms. The first-order valence-electron chi connectivity index (χ1n) is 9.85. The summed E-state index contributed by atoms with van der Waals surface area (Å²) in [5.41, 5.74) is 2.45. The van der Waals surface area contributed by atoms with Gasteiger partial charge in [-0.3, -0.25) is 4.31 Å². The fourth-order valence-corrected chi connectivity index (χ4v) is 5.90. The maximum Gasteiger partial charge on any atom is 0.264 e. The van der Waals surface area contributed by atoms with Gasteiger partial charge in [0.25, 0.3) is 10.0 Å². The molecular formula is C21H31NO2S. The van der Waals surface area contributed by atoms with E-state index in [-0.39, 0.29) is 6.04 Å². The molecule has 0 bridgehead atoms. The molecule has 138 valence electrons. The fraction of sp³-hybridized carbons (Fsp3) is 0.619. The average Bonchev–Trinajstić information content (AvgIpc) is 2.99. The van der Waals surface area contributed by atoms with Crippen molar-refractivity contribution in [3.63, 3.8) is 0 Å². The van der Waals surface area contributed by atoms with Crippen molar-refractivity contribution in [1.29, 1.82) is 0 Å². The van der Waals surface area contributed by atoms with E-state index in [1.165, 1.54) is 37.7 Å². The second kappa shape index (κ2) is 7.94. The normalized spacial score (nSPS) is 23.4. The molecular weight excluding hydrogens is 330 g/mol. The van der Waals surface area contributed by atoms with Crippen molar-refractivity contribution in [2.45, 2.75) is 82.6 Å². The van der Waals surface area contributed by atoms with Gasteiger partial charge in [0.05, 0.1) is 10.9 Å². The molecule has 1 aromatic carbocycles. The Hall–Kier alpha value is -1.29. The molecule has 0 amide bonds. The Bertz CT molecular complexity index is 706. The minimum absolute atomic E-state index is 0.124. The van der Waals surface area contributed by atoms with Crippen molar-refractivity contribution in [3.8, 4) is 0 Å². The topological polar surface area (TPSA) is 37.4 Å². The Morgan fingerprint density at radius 3 is 2.56 bits per heavy atom. The molecule has 1 aliphatic heterocycles. The third-order valence-corrected chi connectivity index (χ3v) is 7.54. The highest BCUT2D eigenvalue weighted by Gasteiger charge is 2.41. The van der Waals surface area contributed by atoms with Crippen LogP contribution in [0.2, 0.25) is 0 Å². The van der Waals surface area contributed by atoms with Crippen molar-refractivity contribution in [3.05, 3.63) is 41.6 Å². The van der Waals surface area contributed by atoms with Gasteiger partial charge in [0, 0.05) is 12.1 Å². The van der Waals surface area contributed by atoms with E-state index < -0.39 is 10.0 Å². The minimum atomic E-state index is -3.45. The zero-order valence-corrected chi connectivity index (χ0v) is 16.4. The van der Waals surface area contributed by atoms with E-state index in [1.807, 2.05) is 25.3 Å². The Morgan fingerprint density at radius 1 is 1.08 bits per heavy atom. The fourth-order valence-electron chi connectivity index (χ4n) is 4.29. The minimum Gasteiger partial charge on any atom is -0.270 e. The van der Waals surface area contributed by atoms with Crippen LogP contribution >= 0.6 is 0 Å². The van der Waals surface area contributed by atoms with E-state index in [0.717, 1.165) is 31.2 Å². The molecule has 0 saturated heterocycles. The predicted octanol–water partition coefficient (Wildman–Crippen LogP) is 5.41. The van der Waals surface area contributed by atoms with E-state index in [2.05, 4.69) is 6.92 Å². The third-order valence-electron chi connectivity index (χ3n) is 5.74. The lowest BCUT2D eigenvalue weighted by atomic mass is 9.81. The third kappa shape index (κ3) is 3.94. The average molecular weight is 362 g/mol. The second-order valence-electron chi connectivity index (χ2n) is 7.62. The molecule has 0 unspecified atom stereocenters. The first-order chi connectivity index (χ1) is 12.0. The lowest BCUT2D eigenvalue weighted by Crippen LogP contribution is -2.37. The summed E-state index contributed by atoms with van der Waals surface area (Å²) in [5, 5.41) is 0. The van der Waals surface area contributed by atoms with Crippen molar-refractivity contribution in [1.82, 2.24) is 4.31 Å². The molecule has 3 rings (SSSR count). The number of nitrogens with zero attached hydrogens (tertiary/aromatic N) is 1. The molecule has 0 aromatic heterocycles. The van der Waals surface area contributed by atoms with Crippen molar-refractivity contribution in [2.75, 3.05) is 0 Å². The summed E-state index contributed by atoms with van der Waals surface area (Å²) >= 11 is 0. The molecule has 1 aliphatic carbocycles.